The zero-order valence-corrected chi connectivity index (χ0v) is 14.2. The third-order valence-corrected chi connectivity index (χ3v) is 4.07. The first kappa shape index (κ1) is 15.3. The Labute approximate surface area is 131 Å². The van der Waals surface area contributed by atoms with E-state index in [9.17, 15) is 0 Å². The Morgan fingerprint density at radius 1 is 1.40 bits per heavy atom. The third-order valence-electron chi connectivity index (χ3n) is 2.85. The molecule has 0 aliphatic rings. The van der Waals surface area contributed by atoms with Gasteiger partial charge in [0.2, 0.25) is 0 Å². The molecule has 0 radical (unpaired) electrons. The van der Waals surface area contributed by atoms with E-state index >= 15 is 0 Å². The van der Waals surface area contributed by atoms with Gasteiger partial charge in [0.25, 0.3) is 0 Å². The maximum atomic E-state index is 5.93. The molecular formula is C14H18BrN3OS. The predicted octanol–water partition coefficient (Wildman–Crippen LogP) is 4.43. The van der Waals surface area contributed by atoms with Crippen molar-refractivity contribution in [2.45, 2.75) is 33.3 Å². The summed E-state index contributed by atoms with van der Waals surface area (Å²) in [6.45, 7) is 7.65. The molecule has 0 aliphatic heterocycles. The summed E-state index contributed by atoms with van der Waals surface area (Å²) in [5.74, 6) is 1.31. The van der Waals surface area contributed by atoms with Crippen LogP contribution < -0.4 is 10.1 Å². The number of hydrogen-bond donors (Lipinski definition) is 1. The van der Waals surface area contributed by atoms with Crippen LogP contribution in [0.3, 0.4) is 0 Å². The topological polar surface area (TPSA) is 47.0 Å². The number of anilines is 1. The summed E-state index contributed by atoms with van der Waals surface area (Å²) in [6.07, 6.45) is 0. The largest absolute Gasteiger partial charge is 0.487 e. The molecule has 6 heteroatoms. The average molecular weight is 356 g/mol. The summed E-state index contributed by atoms with van der Waals surface area (Å²) < 4.78 is 11.0. The van der Waals surface area contributed by atoms with Gasteiger partial charge in [-0.3, -0.25) is 0 Å². The average Bonchev–Trinajstić information content (AvgIpc) is 2.85. The van der Waals surface area contributed by atoms with Crippen LogP contribution >= 0.6 is 27.5 Å². The summed E-state index contributed by atoms with van der Waals surface area (Å²) in [6, 6.07) is 6.09. The molecule has 0 atom stereocenters. The van der Waals surface area contributed by atoms with Gasteiger partial charge in [-0.25, -0.2) is 0 Å². The van der Waals surface area contributed by atoms with Crippen molar-refractivity contribution in [2.75, 3.05) is 11.9 Å². The van der Waals surface area contributed by atoms with Crippen LogP contribution in [-0.2, 0) is 6.61 Å². The molecule has 1 heterocycles. The van der Waals surface area contributed by atoms with Gasteiger partial charge in [-0.2, -0.15) is 0 Å². The molecule has 0 amide bonds. The minimum absolute atomic E-state index is 0.407. The molecule has 0 aliphatic carbocycles. The fraction of sp³-hybridized carbons (Fsp3) is 0.429. The molecule has 0 saturated carbocycles. The maximum Gasteiger partial charge on any atom is 0.136 e. The molecule has 1 aromatic carbocycles. The van der Waals surface area contributed by atoms with Crippen molar-refractivity contribution >= 4 is 32.5 Å². The SMILES string of the molecule is CCNc1snnc1COc1ccc(Br)cc1C(C)C. The molecular weight excluding hydrogens is 338 g/mol. The van der Waals surface area contributed by atoms with Gasteiger partial charge in [-0.15, -0.1) is 5.10 Å². The van der Waals surface area contributed by atoms with Gasteiger partial charge in [0.1, 0.15) is 23.1 Å². The lowest BCUT2D eigenvalue weighted by Crippen LogP contribution is -2.04. The molecule has 108 valence electrons. The smallest absolute Gasteiger partial charge is 0.136 e. The van der Waals surface area contributed by atoms with Crippen molar-refractivity contribution in [1.29, 1.82) is 0 Å². The highest BCUT2D eigenvalue weighted by Crippen LogP contribution is 2.30. The van der Waals surface area contributed by atoms with E-state index in [0.717, 1.165) is 27.5 Å². The van der Waals surface area contributed by atoms with Crippen LogP contribution in [0.15, 0.2) is 22.7 Å². The number of rotatable bonds is 6. The molecule has 2 aromatic rings. The number of nitrogens with one attached hydrogen (secondary N) is 1. The van der Waals surface area contributed by atoms with Crippen molar-refractivity contribution in [3.05, 3.63) is 33.9 Å². The van der Waals surface area contributed by atoms with E-state index < -0.39 is 0 Å². The van der Waals surface area contributed by atoms with Crippen molar-refractivity contribution in [3.8, 4) is 5.75 Å². The van der Waals surface area contributed by atoms with Crippen molar-refractivity contribution in [3.63, 3.8) is 0 Å². The van der Waals surface area contributed by atoms with Crippen LogP contribution in [0.5, 0.6) is 5.75 Å². The molecule has 0 bridgehead atoms. The molecule has 20 heavy (non-hydrogen) atoms. The third kappa shape index (κ3) is 3.70. The van der Waals surface area contributed by atoms with E-state index in [1.807, 2.05) is 12.1 Å². The van der Waals surface area contributed by atoms with Crippen LogP contribution in [0.1, 0.15) is 37.9 Å². The van der Waals surface area contributed by atoms with Gasteiger partial charge in [0.05, 0.1) is 0 Å². The minimum atomic E-state index is 0.407. The van der Waals surface area contributed by atoms with Crippen molar-refractivity contribution in [2.24, 2.45) is 0 Å². The maximum absolute atomic E-state index is 5.93. The summed E-state index contributed by atoms with van der Waals surface area (Å²) in [4.78, 5) is 0. The molecule has 0 spiro atoms. The molecule has 1 aromatic heterocycles. The van der Waals surface area contributed by atoms with Crippen molar-refractivity contribution in [1.82, 2.24) is 9.59 Å². The number of nitrogens with zero attached hydrogens (tertiary/aromatic N) is 2. The lowest BCUT2D eigenvalue weighted by atomic mass is 10.0. The Bertz CT molecular complexity index is 571. The summed E-state index contributed by atoms with van der Waals surface area (Å²) in [5.41, 5.74) is 2.04. The molecule has 0 unspecified atom stereocenters. The fourth-order valence-electron chi connectivity index (χ4n) is 1.85. The highest BCUT2D eigenvalue weighted by atomic mass is 79.9. The summed E-state index contributed by atoms with van der Waals surface area (Å²) >= 11 is 4.86. The fourth-order valence-corrected chi connectivity index (χ4v) is 2.86. The Hall–Kier alpha value is -1.14. The highest BCUT2D eigenvalue weighted by molar-refractivity contribution is 9.10. The van der Waals surface area contributed by atoms with E-state index in [-0.39, 0.29) is 0 Å². The Kier molecular flexibility index (Phi) is 5.37. The second-order valence-electron chi connectivity index (χ2n) is 4.70. The Morgan fingerprint density at radius 2 is 2.20 bits per heavy atom. The van der Waals surface area contributed by atoms with Crippen LogP contribution in [0.2, 0.25) is 0 Å². The Balaban J connectivity index is 2.12. The van der Waals surface area contributed by atoms with Gasteiger partial charge in [-0.05, 0) is 36.6 Å². The van der Waals surface area contributed by atoms with Crippen LogP contribution in [0.25, 0.3) is 0 Å². The number of benzene rings is 1. The first-order valence-electron chi connectivity index (χ1n) is 6.59. The van der Waals surface area contributed by atoms with E-state index in [1.165, 1.54) is 17.1 Å². The minimum Gasteiger partial charge on any atom is -0.487 e. The van der Waals surface area contributed by atoms with Gasteiger partial charge in [0, 0.05) is 22.5 Å². The van der Waals surface area contributed by atoms with Crippen LogP contribution in [0, 0.1) is 0 Å². The molecule has 4 nitrogen and oxygen atoms in total. The first-order valence-corrected chi connectivity index (χ1v) is 8.15. The monoisotopic (exact) mass is 355 g/mol. The number of halogens is 1. The number of ether oxygens (including phenoxy) is 1. The van der Waals surface area contributed by atoms with Crippen LogP contribution in [0.4, 0.5) is 5.00 Å². The second-order valence-corrected chi connectivity index (χ2v) is 6.37. The standard InChI is InChI=1S/C14H18BrN3OS/c1-4-16-14-12(17-18-20-14)8-19-13-6-5-10(15)7-11(13)9(2)3/h5-7,9,16H,4,8H2,1-3H3. The van der Waals surface area contributed by atoms with Gasteiger partial charge < -0.3 is 10.1 Å². The molecule has 2 rings (SSSR count). The quantitative estimate of drug-likeness (QED) is 0.832. The normalized spacial score (nSPS) is 10.8. The van der Waals surface area contributed by atoms with E-state index in [4.69, 9.17) is 4.74 Å². The summed E-state index contributed by atoms with van der Waals surface area (Å²) in [5, 5.41) is 8.34. The molecule has 0 fully saturated rings. The predicted molar refractivity (Wildman–Crippen MR) is 86.6 cm³/mol. The van der Waals surface area contributed by atoms with Crippen LogP contribution in [-0.4, -0.2) is 16.1 Å². The lowest BCUT2D eigenvalue weighted by Gasteiger charge is -2.14. The highest BCUT2D eigenvalue weighted by Gasteiger charge is 2.12. The lowest BCUT2D eigenvalue weighted by molar-refractivity contribution is 0.297. The number of hydrogen-bond acceptors (Lipinski definition) is 5. The van der Waals surface area contributed by atoms with E-state index in [1.54, 1.807) is 0 Å². The van der Waals surface area contributed by atoms with Gasteiger partial charge in [-0.1, -0.05) is 34.3 Å². The first-order chi connectivity index (χ1) is 9.61. The van der Waals surface area contributed by atoms with Gasteiger partial charge in [0.15, 0.2) is 0 Å². The van der Waals surface area contributed by atoms with E-state index in [2.05, 4.69) is 57.7 Å². The summed E-state index contributed by atoms with van der Waals surface area (Å²) in [7, 11) is 0. The van der Waals surface area contributed by atoms with E-state index in [0.29, 0.717) is 12.5 Å². The van der Waals surface area contributed by atoms with Crippen molar-refractivity contribution < 1.29 is 4.74 Å². The second kappa shape index (κ2) is 7.04. The van der Waals surface area contributed by atoms with Gasteiger partial charge >= 0.3 is 0 Å². The zero-order chi connectivity index (χ0) is 14.5. The molecule has 0 saturated heterocycles. The Morgan fingerprint density at radius 3 is 2.90 bits per heavy atom. The number of aromatic nitrogens is 2. The zero-order valence-electron chi connectivity index (χ0n) is 11.8. The molecule has 1 N–H and O–H groups in total.